The molecular formula is C21H26F3N3O3. The highest BCUT2D eigenvalue weighted by Gasteiger charge is 2.38. The molecule has 1 aromatic carbocycles. The minimum absolute atomic E-state index is 0.155. The van der Waals surface area contributed by atoms with Gasteiger partial charge in [-0.05, 0) is 32.4 Å². The first-order valence-electron chi connectivity index (χ1n) is 9.59. The second-order valence-corrected chi connectivity index (χ2v) is 7.11. The van der Waals surface area contributed by atoms with E-state index in [1.165, 1.54) is 5.39 Å². The van der Waals surface area contributed by atoms with Crippen LogP contribution in [0.4, 0.5) is 13.2 Å². The van der Waals surface area contributed by atoms with Gasteiger partial charge in [-0.25, -0.2) is 9.78 Å². The molecule has 0 aliphatic rings. The van der Waals surface area contributed by atoms with E-state index in [0.29, 0.717) is 5.92 Å². The van der Waals surface area contributed by atoms with Crippen LogP contribution in [0.25, 0.3) is 22.2 Å². The molecule has 0 spiro atoms. The van der Waals surface area contributed by atoms with Gasteiger partial charge < -0.3 is 19.8 Å². The summed E-state index contributed by atoms with van der Waals surface area (Å²) in [6, 6.07) is 8.42. The fourth-order valence-corrected chi connectivity index (χ4v) is 2.99. The monoisotopic (exact) mass is 425 g/mol. The Morgan fingerprint density at radius 1 is 1.33 bits per heavy atom. The van der Waals surface area contributed by atoms with Crippen molar-refractivity contribution in [2.45, 2.75) is 45.8 Å². The summed E-state index contributed by atoms with van der Waals surface area (Å²) in [6.45, 7) is 6.50. The van der Waals surface area contributed by atoms with Crippen LogP contribution in [0.1, 0.15) is 44.3 Å². The molecule has 30 heavy (non-hydrogen) atoms. The fraction of sp³-hybridized carbons (Fsp3) is 0.429. The lowest BCUT2D eigenvalue weighted by molar-refractivity contribution is -0.192. The maximum atomic E-state index is 10.6. The maximum absolute atomic E-state index is 10.6. The van der Waals surface area contributed by atoms with Gasteiger partial charge in [-0.1, -0.05) is 38.5 Å². The van der Waals surface area contributed by atoms with Crippen molar-refractivity contribution in [1.82, 2.24) is 15.3 Å². The average molecular weight is 425 g/mol. The third-order valence-corrected chi connectivity index (χ3v) is 4.87. The van der Waals surface area contributed by atoms with Crippen molar-refractivity contribution in [3.8, 4) is 11.3 Å². The number of hydrogen-bond acceptors (Lipinski definition) is 4. The van der Waals surface area contributed by atoms with Gasteiger partial charge in [0.2, 0.25) is 5.89 Å². The van der Waals surface area contributed by atoms with E-state index in [9.17, 15) is 13.2 Å². The van der Waals surface area contributed by atoms with Gasteiger partial charge in [-0.15, -0.1) is 0 Å². The van der Waals surface area contributed by atoms with Crippen LogP contribution >= 0.6 is 0 Å². The van der Waals surface area contributed by atoms with Crippen LogP contribution in [0.15, 0.2) is 34.9 Å². The summed E-state index contributed by atoms with van der Waals surface area (Å²) in [7, 11) is 1.97. The minimum atomic E-state index is -5.08. The number of carboxylic acid groups (broad SMARTS) is 1. The highest BCUT2D eigenvalue weighted by molar-refractivity contribution is 5.94. The van der Waals surface area contributed by atoms with Crippen molar-refractivity contribution in [2.24, 2.45) is 5.92 Å². The molecule has 0 amide bonds. The van der Waals surface area contributed by atoms with E-state index >= 15 is 0 Å². The minimum Gasteiger partial charge on any atom is -0.475 e. The number of rotatable bonds is 6. The van der Waals surface area contributed by atoms with Crippen LogP contribution in [-0.2, 0) is 4.79 Å². The number of aromatic amines is 1. The van der Waals surface area contributed by atoms with Crippen molar-refractivity contribution >= 4 is 16.9 Å². The Hall–Kier alpha value is -2.81. The Bertz CT molecular complexity index is 979. The zero-order chi connectivity index (χ0) is 22.5. The van der Waals surface area contributed by atoms with Crippen LogP contribution in [0.3, 0.4) is 0 Å². The normalized spacial score (nSPS) is 13.6. The number of fused-ring (bicyclic) bond motifs is 1. The zero-order valence-electron chi connectivity index (χ0n) is 17.3. The lowest BCUT2D eigenvalue weighted by atomic mass is 9.99. The zero-order valence-corrected chi connectivity index (χ0v) is 17.3. The number of carboxylic acids is 1. The molecule has 3 N–H and O–H groups in total. The maximum Gasteiger partial charge on any atom is 0.490 e. The van der Waals surface area contributed by atoms with Gasteiger partial charge in [0.05, 0.1) is 11.7 Å². The molecule has 0 saturated carbocycles. The van der Waals surface area contributed by atoms with Crippen molar-refractivity contribution in [1.29, 1.82) is 0 Å². The standard InChI is InChI=1S/C19H25N3O.C2HF3O2/c1-5-12(2)10-17(20-4)19-22-13(3)18(23-19)15-11-21-16-9-7-6-8-14(15)16;3-2(4,5)1(6)7/h6-9,11-12,17,20-21H,5,10H2,1-4H3;(H,6,7)/t12-,17+;/m0./s1. The number of para-hydroxylation sites is 1. The number of carbonyl (C=O) groups is 1. The molecule has 3 rings (SSSR count). The predicted octanol–water partition coefficient (Wildman–Crippen LogP) is 5.46. The van der Waals surface area contributed by atoms with E-state index in [2.05, 4.69) is 41.3 Å². The summed E-state index contributed by atoms with van der Waals surface area (Å²) < 4.78 is 37.9. The van der Waals surface area contributed by atoms with Crippen LogP contribution in [-0.4, -0.2) is 34.3 Å². The summed E-state index contributed by atoms with van der Waals surface area (Å²) >= 11 is 0. The summed E-state index contributed by atoms with van der Waals surface area (Å²) in [5.74, 6) is -0.476. The van der Waals surface area contributed by atoms with Gasteiger partial charge >= 0.3 is 12.1 Å². The van der Waals surface area contributed by atoms with Gasteiger partial charge in [0.15, 0.2) is 5.76 Å². The first-order valence-corrected chi connectivity index (χ1v) is 9.59. The molecule has 9 heteroatoms. The SMILES string of the molecule is CC[C@H](C)C[C@@H](NC)c1nc(C)c(-c2c[nH]c3ccccc23)o1.O=C(O)C(F)(F)F. The molecule has 0 radical (unpaired) electrons. The van der Waals surface area contributed by atoms with Gasteiger partial charge in [0, 0.05) is 22.7 Å². The largest absolute Gasteiger partial charge is 0.490 e. The first kappa shape index (κ1) is 23.5. The molecule has 2 aromatic heterocycles. The summed E-state index contributed by atoms with van der Waals surface area (Å²) in [6.07, 6.45) is -0.890. The van der Waals surface area contributed by atoms with E-state index in [-0.39, 0.29) is 6.04 Å². The predicted molar refractivity (Wildman–Crippen MR) is 108 cm³/mol. The number of alkyl halides is 3. The number of hydrogen-bond donors (Lipinski definition) is 3. The van der Waals surface area contributed by atoms with Crippen LogP contribution in [0.5, 0.6) is 0 Å². The highest BCUT2D eigenvalue weighted by Crippen LogP contribution is 2.33. The van der Waals surface area contributed by atoms with E-state index in [0.717, 1.165) is 41.3 Å². The number of H-pyrrole nitrogens is 1. The van der Waals surface area contributed by atoms with Crippen molar-refractivity contribution in [3.05, 3.63) is 42.0 Å². The van der Waals surface area contributed by atoms with Crippen molar-refractivity contribution < 1.29 is 27.5 Å². The second kappa shape index (κ2) is 9.80. The summed E-state index contributed by atoms with van der Waals surface area (Å²) in [5, 5.41) is 11.6. The van der Waals surface area contributed by atoms with Gasteiger partial charge in [0.25, 0.3) is 0 Å². The number of benzene rings is 1. The molecule has 2 heterocycles. The van der Waals surface area contributed by atoms with E-state index in [1.54, 1.807) is 0 Å². The van der Waals surface area contributed by atoms with E-state index in [1.807, 2.05) is 32.3 Å². The van der Waals surface area contributed by atoms with Gasteiger partial charge in [-0.2, -0.15) is 13.2 Å². The molecule has 6 nitrogen and oxygen atoms in total. The molecule has 0 aliphatic heterocycles. The first-order chi connectivity index (χ1) is 14.1. The summed E-state index contributed by atoms with van der Waals surface area (Å²) in [5.41, 5.74) is 3.13. The molecule has 0 bridgehead atoms. The topological polar surface area (TPSA) is 91.2 Å². The average Bonchev–Trinajstić information content (AvgIpc) is 3.28. The number of aromatic nitrogens is 2. The fourth-order valence-electron chi connectivity index (χ4n) is 2.99. The van der Waals surface area contributed by atoms with Crippen LogP contribution in [0, 0.1) is 12.8 Å². The van der Waals surface area contributed by atoms with E-state index < -0.39 is 12.1 Å². The lowest BCUT2D eigenvalue weighted by Gasteiger charge is -2.16. The molecule has 164 valence electrons. The molecule has 3 aromatic rings. The van der Waals surface area contributed by atoms with E-state index in [4.69, 9.17) is 14.3 Å². The van der Waals surface area contributed by atoms with Crippen molar-refractivity contribution in [3.63, 3.8) is 0 Å². The molecule has 0 unspecified atom stereocenters. The molecule has 2 atom stereocenters. The highest BCUT2D eigenvalue weighted by atomic mass is 19.4. The Kier molecular flexibility index (Phi) is 7.66. The Morgan fingerprint density at radius 2 is 1.97 bits per heavy atom. The Balaban J connectivity index is 0.000000396. The summed E-state index contributed by atoms with van der Waals surface area (Å²) in [4.78, 5) is 16.9. The number of aryl methyl sites for hydroxylation is 1. The molecular weight excluding hydrogens is 399 g/mol. The van der Waals surface area contributed by atoms with Crippen molar-refractivity contribution in [2.75, 3.05) is 7.05 Å². The van der Waals surface area contributed by atoms with Gasteiger partial charge in [-0.3, -0.25) is 0 Å². The smallest absolute Gasteiger partial charge is 0.475 e. The van der Waals surface area contributed by atoms with Gasteiger partial charge in [0.1, 0.15) is 0 Å². The number of oxazole rings is 1. The molecule has 0 saturated heterocycles. The third-order valence-electron chi connectivity index (χ3n) is 4.87. The number of halogens is 3. The van der Waals surface area contributed by atoms with Crippen LogP contribution in [0.2, 0.25) is 0 Å². The van der Waals surface area contributed by atoms with Crippen LogP contribution < -0.4 is 5.32 Å². The number of aliphatic carboxylic acids is 1. The molecule has 0 fully saturated rings. The second-order valence-electron chi connectivity index (χ2n) is 7.11. The molecule has 0 aliphatic carbocycles. The third kappa shape index (κ3) is 5.63. The Labute approximate surface area is 172 Å². The lowest BCUT2D eigenvalue weighted by Crippen LogP contribution is -2.21. The number of nitrogens with one attached hydrogen (secondary N) is 2. The quantitative estimate of drug-likeness (QED) is 0.488. The number of nitrogens with zero attached hydrogens (tertiary/aromatic N) is 1. The Morgan fingerprint density at radius 3 is 2.53 bits per heavy atom.